The van der Waals surface area contributed by atoms with E-state index in [9.17, 15) is 4.79 Å². The number of hydrogen-bond donors (Lipinski definition) is 1. The van der Waals surface area contributed by atoms with Crippen molar-refractivity contribution in [3.05, 3.63) is 66.5 Å². The summed E-state index contributed by atoms with van der Waals surface area (Å²) in [7, 11) is 0. The Balaban J connectivity index is 1.41. The van der Waals surface area contributed by atoms with E-state index in [1.807, 2.05) is 42.7 Å². The largest absolute Gasteiger partial charge is 0.485 e. The Morgan fingerprint density at radius 3 is 2.91 bits per heavy atom. The van der Waals surface area contributed by atoms with E-state index in [1.54, 1.807) is 24.3 Å². The first-order valence-electron chi connectivity index (χ1n) is 10.1. The molecule has 2 aromatic carbocycles. The lowest BCUT2D eigenvalue weighted by atomic mass is 10.2. The van der Waals surface area contributed by atoms with Crippen molar-refractivity contribution in [2.24, 2.45) is 0 Å². The van der Waals surface area contributed by atoms with E-state index in [1.165, 1.54) is 11.8 Å². The highest BCUT2D eigenvalue weighted by molar-refractivity contribution is 8.00. The molecule has 2 heterocycles. The van der Waals surface area contributed by atoms with E-state index in [2.05, 4.69) is 22.1 Å². The van der Waals surface area contributed by atoms with Crippen molar-refractivity contribution in [3.8, 4) is 17.2 Å². The number of thioether (sulfide) groups is 1. The van der Waals surface area contributed by atoms with Crippen LogP contribution in [-0.4, -0.2) is 32.7 Å². The molecular weight excluding hydrogens is 428 g/mol. The van der Waals surface area contributed by atoms with Crippen LogP contribution in [0.15, 0.2) is 60.3 Å². The van der Waals surface area contributed by atoms with Gasteiger partial charge in [0, 0.05) is 18.3 Å². The summed E-state index contributed by atoms with van der Waals surface area (Å²) in [6.07, 6.45) is 1.77. The lowest BCUT2D eigenvalue weighted by Gasteiger charge is -2.13. The van der Waals surface area contributed by atoms with Crippen LogP contribution >= 0.6 is 11.8 Å². The van der Waals surface area contributed by atoms with Crippen molar-refractivity contribution in [1.82, 2.24) is 14.8 Å². The van der Waals surface area contributed by atoms with E-state index in [-0.39, 0.29) is 19.3 Å². The molecule has 1 aliphatic rings. The van der Waals surface area contributed by atoms with Gasteiger partial charge in [-0.05, 0) is 37.6 Å². The van der Waals surface area contributed by atoms with Crippen LogP contribution in [0.4, 0.5) is 5.69 Å². The molecule has 0 aliphatic carbocycles. The average Bonchev–Trinajstić information content (AvgIpc) is 3.40. The van der Waals surface area contributed by atoms with Gasteiger partial charge < -0.3 is 19.5 Å². The number of rotatable bonds is 9. The number of aryl methyl sites for hydroxylation is 1. The van der Waals surface area contributed by atoms with Gasteiger partial charge in [-0.15, -0.1) is 16.8 Å². The smallest absolute Gasteiger partial charge is 0.237 e. The molecule has 1 aromatic heterocycles. The quantitative estimate of drug-likeness (QED) is 0.385. The number of carbonyl (C=O) groups excluding carboxylic acids is 1. The zero-order valence-electron chi connectivity index (χ0n) is 17.9. The topological polar surface area (TPSA) is 87.5 Å². The number of ether oxygens (including phenoxy) is 3. The minimum atomic E-state index is -0.404. The van der Waals surface area contributed by atoms with Crippen LogP contribution in [0.5, 0.6) is 17.2 Å². The van der Waals surface area contributed by atoms with Gasteiger partial charge in [0.25, 0.3) is 0 Å². The second-order valence-electron chi connectivity index (χ2n) is 7.17. The van der Waals surface area contributed by atoms with E-state index >= 15 is 0 Å². The molecule has 0 saturated heterocycles. The van der Waals surface area contributed by atoms with Gasteiger partial charge in [0.05, 0.1) is 5.25 Å². The molecule has 166 valence electrons. The summed E-state index contributed by atoms with van der Waals surface area (Å²) in [5.74, 6) is 2.60. The maximum absolute atomic E-state index is 12.7. The van der Waals surface area contributed by atoms with E-state index in [0.29, 0.717) is 34.7 Å². The van der Waals surface area contributed by atoms with Gasteiger partial charge in [-0.1, -0.05) is 36.0 Å². The molecule has 0 bridgehead atoms. The van der Waals surface area contributed by atoms with Crippen molar-refractivity contribution in [2.45, 2.75) is 37.4 Å². The van der Waals surface area contributed by atoms with Crippen LogP contribution in [0.2, 0.25) is 0 Å². The van der Waals surface area contributed by atoms with Gasteiger partial charge in [-0.2, -0.15) is 0 Å². The summed E-state index contributed by atoms with van der Waals surface area (Å²) in [4.78, 5) is 12.7. The highest BCUT2D eigenvalue weighted by Gasteiger charge is 2.21. The summed E-state index contributed by atoms with van der Waals surface area (Å²) >= 11 is 1.33. The summed E-state index contributed by atoms with van der Waals surface area (Å²) in [5, 5.41) is 11.7. The summed E-state index contributed by atoms with van der Waals surface area (Å²) in [6.45, 7) is 8.60. The number of aromatic nitrogens is 3. The number of allylic oxidation sites excluding steroid dienone is 1. The Kier molecular flexibility index (Phi) is 6.65. The van der Waals surface area contributed by atoms with Crippen molar-refractivity contribution >= 4 is 23.4 Å². The van der Waals surface area contributed by atoms with E-state index in [4.69, 9.17) is 14.2 Å². The van der Waals surface area contributed by atoms with Crippen molar-refractivity contribution in [1.29, 1.82) is 0 Å². The molecular formula is C23H24N4O4S. The molecule has 1 amide bonds. The van der Waals surface area contributed by atoms with Crippen molar-refractivity contribution in [2.75, 3.05) is 12.1 Å². The molecule has 0 saturated carbocycles. The molecule has 32 heavy (non-hydrogen) atoms. The highest BCUT2D eigenvalue weighted by atomic mass is 32.2. The number of carbonyl (C=O) groups is 1. The van der Waals surface area contributed by atoms with Gasteiger partial charge in [0.1, 0.15) is 12.4 Å². The minimum Gasteiger partial charge on any atom is -0.485 e. The molecule has 9 heteroatoms. The Hall–Kier alpha value is -3.46. The Labute approximate surface area is 190 Å². The Morgan fingerprint density at radius 1 is 1.28 bits per heavy atom. The lowest BCUT2D eigenvalue weighted by Crippen LogP contribution is -2.23. The molecule has 0 fully saturated rings. The highest BCUT2D eigenvalue weighted by Crippen LogP contribution is 2.34. The number of benzene rings is 2. The summed E-state index contributed by atoms with van der Waals surface area (Å²) in [6, 6.07) is 13.1. The fraction of sp³-hybridized carbons (Fsp3) is 0.261. The van der Waals surface area contributed by atoms with Crippen LogP contribution in [0.25, 0.3) is 0 Å². The first kappa shape index (κ1) is 21.8. The van der Waals surface area contributed by atoms with Crippen molar-refractivity contribution in [3.63, 3.8) is 0 Å². The minimum absolute atomic E-state index is 0.153. The first-order valence-corrected chi connectivity index (χ1v) is 11.0. The zero-order chi connectivity index (χ0) is 22.5. The van der Waals surface area contributed by atoms with Gasteiger partial charge in [0.2, 0.25) is 12.7 Å². The average molecular weight is 453 g/mol. The number of fused-ring (bicyclic) bond motifs is 1. The van der Waals surface area contributed by atoms with E-state index in [0.717, 1.165) is 11.3 Å². The number of hydrogen-bond acceptors (Lipinski definition) is 7. The van der Waals surface area contributed by atoms with Crippen LogP contribution in [-0.2, 0) is 17.9 Å². The standard InChI is InChI=1S/C23H24N4O4S/c1-4-11-27-21(13-29-18-8-6-5-7-15(18)2)25-26-23(27)32-16(3)22(28)24-17-9-10-19-20(12-17)31-14-30-19/h4-10,12,16H,1,11,13-14H2,2-3H3,(H,24,28)/t16-/m0/s1. The van der Waals surface area contributed by atoms with Gasteiger partial charge >= 0.3 is 0 Å². The third kappa shape index (κ3) is 4.88. The van der Waals surface area contributed by atoms with Crippen LogP contribution in [0.3, 0.4) is 0 Å². The van der Waals surface area contributed by atoms with Crippen LogP contribution < -0.4 is 19.5 Å². The first-order chi connectivity index (χ1) is 15.5. The molecule has 1 aliphatic heterocycles. The lowest BCUT2D eigenvalue weighted by molar-refractivity contribution is -0.115. The predicted octanol–water partition coefficient (Wildman–Crippen LogP) is 4.20. The van der Waals surface area contributed by atoms with Crippen LogP contribution in [0.1, 0.15) is 18.3 Å². The summed E-state index contributed by atoms with van der Waals surface area (Å²) < 4.78 is 18.5. The fourth-order valence-electron chi connectivity index (χ4n) is 3.12. The van der Waals surface area contributed by atoms with Gasteiger partial charge in [-0.25, -0.2) is 0 Å². The van der Waals surface area contributed by atoms with Crippen LogP contribution in [0, 0.1) is 6.92 Å². The fourth-order valence-corrected chi connectivity index (χ4v) is 3.99. The number of para-hydroxylation sites is 1. The van der Waals surface area contributed by atoms with Crippen molar-refractivity contribution < 1.29 is 19.0 Å². The molecule has 4 rings (SSSR count). The number of nitrogens with zero attached hydrogens (tertiary/aromatic N) is 3. The predicted molar refractivity (Wildman–Crippen MR) is 122 cm³/mol. The Morgan fingerprint density at radius 2 is 2.09 bits per heavy atom. The molecule has 0 spiro atoms. The second kappa shape index (κ2) is 9.78. The summed E-state index contributed by atoms with van der Waals surface area (Å²) in [5.41, 5.74) is 1.69. The number of amides is 1. The third-order valence-electron chi connectivity index (χ3n) is 4.85. The molecule has 0 radical (unpaired) electrons. The molecule has 8 nitrogen and oxygen atoms in total. The normalized spacial score (nSPS) is 12.9. The SMILES string of the molecule is C=CCn1c(COc2ccccc2C)nnc1S[C@@H](C)C(=O)Nc1ccc2c(c1)OCO2. The zero-order valence-corrected chi connectivity index (χ0v) is 18.7. The Bertz CT molecular complexity index is 1130. The maximum Gasteiger partial charge on any atom is 0.237 e. The monoisotopic (exact) mass is 452 g/mol. The maximum atomic E-state index is 12.7. The van der Waals surface area contributed by atoms with E-state index < -0.39 is 5.25 Å². The molecule has 3 aromatic rings. The molecule has 1 atom stereocenters. The molecule has 0 unspecified atom stereocenters. The van der Waals surface area contributed by atoms with Gasteiger partial charge in [-0.3, -0.25) is 9.36 Å². The number of nitrogens with one attached hydrogen (secondary N) is 1. The van der Waals surface area contributed by atoms with Gasteiger partial charge in [0.15, 0.2) is 22.5 Å². The third-order valence-corrected chi connectivity index (χ3v) is 5.93. The molecule has 1 N–H and O–H groups in total. The second-order valence-corrected chi connectivity index (χ2v) is 8.48. The number of anilines is 1.